The van der Waals surface area contributed by atoms with E-state index in [1.807, 2.05) is 84.9 Å². The zero-order chi connectivity index (χ0) is 29.2. The lowest BCUT2D eigenvalue weighted by atomic mass is 9.94. The summed E-state index contributed by atoms with van der Waals surface area (Å²) in [4.78, 5) is 40.6. The van der Waals surface area contributed by atoms with Gasteiger partial charge in [0.05, 0.1) is 17.6 Å². The van der Waals surface area contributed by atoms with E-state index in [1.165, 1.54) is 4.90 Å². The number of aromatic amines is 1. The van der Waals surface area contributed by atoms with Gasteiger partial charge in [0.1, 0.15) is 11.6 Å². The van der Waals surface area contributed by atoms with Crippen molar-refractivity contribution < 1.29 is 14.3 Å². The Balaban J connectivity index is 0.817. The van der Waals surface area contributed by atoms with Crippen LogP contribution in [0.3, 0.4) is 0 Å². The first kappa shape index (κ1) is 27.3. The zero-order valence-electron chi connectivity index (χ0n) is 24.2. The molecule has 0 unspecified atom stereocenters. The number of piperazine rings is 1. The molecule has 4 aromatic carbocycles. The van der Waals surface area contributed by atoms with Crippen molar-refractivity contribution in [2.75, 3.05) is 52.4 Å². The van der Waals surface area contributed by atoms with Gasteiger partial charge < -0.3 is 19.5 Å². The highest BCUT2D eigenvalue weighted by molar-refractivity contribution is 6.25. The summed E-state index contributed by atoms with van der Waals surface area (Å²) in [6.45, 7) is 7.03. The van der Waals surface area contributed by atoms with Crippen LogP contribution in [0.4, 0.5) is 0 Å². The highest BCUT2D eigenvalue weighted by Crippen LogP contribution is 2.30. The van der Waals surface area contributed by atoms with E-state index in [1.54, 1.807) is 0 Å². The second kappa shape index (κ2) is 12.0. The summed E-state index contributed by atoms with van der Waals surface area (Å²) in [7, 11) is 0. The molecular weight excluding hydrogens is 538 g/mol. The number of imide groups is 1. The van der Waals surface area contributed by atoms with Crippen LogP contribution in [0.25, 0.3) is 33.2 Å². The molecular formula is C35H35N5O3. The molecule has 218 valence electrons. The number of carbonyl (C=O) groups excluding carboxylic acids is 2. The second-order valence-electron chi connectivity index (χ2n) is 11.3. The smallest absolute Gasteiger partial charge is 0.261 e. The molecule has 1 saturated heterocycles. The van der Waals surface area contributed by atoms with Gasteiger partial charge in [-0.25, -0.2) is 4.98 Å². The maximum Gasteiger partial charge on any atom is 0.261 e. The van der Waals surface area contributed by atoms with Crippen LogP contribution in [0.2, 0.25) is 0 Å². The third-order valence-electron chi connectivity index (χ3n) is 8.58. The Morgan fingerprint density at radius 1 is 0.698 bits per heavy atom. The van der Waals surface area contributed by atoms with E-state index in [2.05, 4.69) is 19.8 Å². The number of aromatic nitrogens is 2. The van der Waals surface area contributed by atoms with E-state index < -0.39 is 0 Å². The molecule has 2 aliphatic rings. The molecule has 0 atom stereocenters. The van der Waals surface area contributed by atoms with E-state index in [0.29, 0.717) is 24.3 Å². The summed E-state index contributed by atoms with van der Waals surface area (Å²) in [5, 5.41) is 1.73. The molecule has 0 saturated carbocycles. The van der Waals surface area contributed by atoms with E-state index in [9.17, 15) is 9.59 Å². The van der Waals surface area contributed by atoms with Crippen molar-refractivity contribution in [1.29, 1.82) is 0 Å². The summed E-state index contributed by atoms with van der Waals surface area (Å²) >= 11 is 0. The van der Waals surface area contributed by atoms with Gasteiger partial charge in [-0.15, -0.1) is 0 Å². The van der Waals surface area contributed by atoms with Crippen LogP contribution in [-0.4, -0.2) is 88.9 Å². The van der Waals surface area contributed by atoms with Gasteiger partial charge in [0.15, 0.2) is 0 Å². The first-order valence-corrected chi connectivity index (χ1v) is 15.1. The normalized spacial score (nSPS) is 16.0. The lowest BCUT2D eigenvalue weighted by Gasteiger charge is -2.35. The van der Waals surface area contributed by atoms with Gasteiger partial charge in [-0.2, -0.15) is 0 Å². The number of fused-ring (bicyclic) bond motifs is 1. The molecule has 1 N–H and O–H groups in total. The van der Waals surface area contributed by atoms with Gasteiger partial charge in [0.2, 0.25) is 0 Å². The molecule has 7 rings (SSSR count). The van der Waals surface area contributed by atoms with Gasteiger partial charge >= 0.3 is 0 Å². The molecule has 1 fully saturated rings. The molecule has 0 bridgehead atoms. The summed E-state index contributed by atoms with van der Waals surface area (Å²) in [6, 6.07) is 27.5. The Hall–Kier alpha value is -4.53. The number of imidazole rings is 1. The molecule has 0 spiro atoms. The lowest BCUT2D eigenvalue weighted by Crippen LogP contribution is -2.47. The van der Waals surface area contributed by atoms with Gasteiger partial charge in [-0.05, 0) is 73.3 Å². The van der Waals surface area contributed by atoms with Crippen LogP contribution >= 0.6 is 0 Å². The van der Waals surface area contributed by atoms with Crippen molar-refractivity contribution in [2.24, 2.45) is 0 Å². The second-order valence-corrected chi connectivity index (χ2v) is 11.3. The van der Waals surface area contributed by atoms with E-state index in [0.717, 1.165) is 91.1 Å². The first-order chi connectivity index (χ1) is 21.1. The van der Waals surface area contributed by atoms with Gasteiger partial charge in [0.25, 0.3) is 11.8 Å². The number of rotatable bonds is 10. The molecule has 43 heavy (non-hydrogen) atoms. The fourth-order valence-electron chi connectivity index (χ4n) is 6.25. The highest BCUT2D eigenvalue weighted by atomic mass is 16.5. The van der Waals surface area contributed by atoms with Crippen molar-refractivity contribution in [3.05, 3.63) is 96.1 Å². The Kier molecular flexibility index (Phi) is 7.62. The third kappa shape index (κ3) is 5.63. The average molecular weight is 574 g/mol. The molecule has 8 nitrogen and oxygen atoms in total. The maximum absolute atomic E-state index is 13.1. The van der Waals surface area contributed by atoms with Crippen molar-refractivity contribution in [2.45, 2.75) is 12.8 Å². The van der Waals surface area contributed by atoms with Crippen LogP contribution in [-0.2, 0) is 0 Å². The number of benzene rings is 4. The third-order valence-corrected chi connectivity index (χ3v) is 8.58. The first-order valence-electron chi connectivity index (χ1n) is 15.1. The quantitative estimate of drug-likeness (QED) is 0.177. The summed E-state index contributed by atoms with van der Waals surface area (Å²) in [6.07, 6.45) is 1.75. The highest BCUT2D eigenvalue weighted by Gasteiger charge is 2.32. The van der Waals surface area contributed by atoms with E-state index in [4.69, 9.17) is 4.74 Å². The Bertz CT molecular complexity index is 1690. The number of H-pyrrole nitrogens is 1. The topological polar surface area (TPSA) is 81.8 Å². The number of nitrogens with zero attached hydrogens (tertiary/aromatic N) is 4. The molecule has 0 radical (unpaired) electrons. The molecule has 5 aromatic rings. The van der Waals surface area contributed by atoms with Crippen LogP contribution in [0.1, 0.15) is 33.6 Å². The molecule has 2 amide bonds. The number of hydrogen-bond donors (Lipinski definition) is 1. The van der Waals surface area contributed by atoms with Gasteiger partial charge in [-0.3, -0.25) is 14.5 Å². The maximum atomic E-state index is 13.1. The number of carbonyl (C=O) groups is 2. The van der Waals surface area contributed by atoms with Crippen molar-refractivity contribution >= 4 is 33.6 Å². The Morgan fingerprint density at radius 2 is 1.35 bits per heavy atom. The van der Waals surface area contributed by atoms with Crippen molar-refractivity contribution in [3.8, 4) is 17.1 Å². The SMILES string of the molecule is O=C1c2cccc3cccc(c23)C(=O)N1CCCN1CCN(CCCOc2ccc(-c3nc4ccccc4[nH]3)cc2)CC1. The van der Waals surface area contributed by atoms with Crippen molar-refractivity contribution in [3.63, 3.8) is 0 Å². The number of hydrogen-bond acceptors (Lipinski definition) is 6. The zero-order valence-corrected chi connectivity index (χ0v) is 24.2. The molecule has 2 aliphatic heterocycles. The average Bonchev–Trinajstić information content (AvgIpc) is 3.49. The van der Waals surface area contributed by atoms with Crippen molar-refractivity contribution in [1.82, 2.24) is 24.7 Å². The van der Waals surface area contributed by atoms with E-state index >= 15 is 0 Å². The minimum atomic E-state index is -0.177. The van der Waals surface area contributed by atoms with Crippen LogP contribution in [0, 0.1) is 0 Å². The minimum absolute atomic E-state index is 0.177. The predicted molar refractivity (Wildman–Crippen MR) is 168 cm³/mol. The number of ether oxygens (including phenoxy) is 1. The molecule has 3 heterocycles. The summed E-state index contributed by atoms with van der Waals surface area (Å²) < 4.78 is 6.01. The van der Waals surface area contributed by atoms with Crippen LogP contribution in [0.15, 0.2) is 84.9 Å². The van der Waals surface area contributed by atoms with Gasteiger partial charge in [0, 0.05) is 61.3 Å². The van der Waals surface area contributed by atoms with Gasteiger partial charge in [-0.1, -0.05) is 36.4 Å². The van der Waals surface area contributed by atoms with E-state index in [-0.39, 0.29) is 11.8 Å². The number of nitrogens with one attached hydrogen (secondary N) is 1. The summed E-state index contributed by atoms with van der Waals surface area (Å²) in [5.74, 6) is 1.38. The molecule has 0 aliphatic carbocycles. The fourth-order valence-corrected chi connectivity index (χ4v) is 6.25. The minimum Gasteiger partial charge on any atom is -0.494 e. The van der Waals surface area contributed by atoms with Crippen LogP contribution in [0.5, 0.6) is 5.75 Å². The standard InChI is InChI=1S/C35H35N5O3/c41-34-28-9-3-7-25-8-4-10-29(32(25)28)35(42)40(34)19-5-17-38-20-22-39(23-21-38)18-6-24-43-27-15-13-26(14-16-27)33-36-30-11-1-2-12-31(30)37-33/h1-4,7-16H,5-6,17-24H2,(H,36,37). The molecule has 8 heteroatoms. The van der Waals surface area contributed by atoms with Crippen LogP contribution < -0.4 is 4.74 Å². The fraction of sp³-hybridized carbons (Fsp3) is 0.286. The largest absolute Gasteiger partial charge is 0.494 e. The Labute approximate surface area is 250 Å². The molecule has 1 aromatic heterocycles. The monoisotopic (exact) mass is 573 g/mol. The summed E-state index contributed by atoms with van der Waals surface area (Å²) in [5.41, 5.74) is 4.30. The predicted octanol–water partition coefficient (Wildman–Crippen LogP) is 5.46. The number of para-hydroxylation sites is 2. The lowest BCUT2D eigenvalue weighted by molar-refractivity contribution is 0.0597. The Morgan fingerprint density at radius 3 is 2.02 bits per heavy atom. The number of amides is 2.